The zero-order valence-corrected chi connectivity index (χ0v) is 11.7. The van der Waals surface area contributed by atoms with E-state index in [9.17, 15) is 4.79 Å². The molecule has 6 nitrogen and oxygen atoms in total. The molecule has 1 aliphatic heterocycles. The maximum absolute atomic E-state index is 12.3. The number of fused-ring (bicyclic) bond motifs is 1. The van der Waals surface area contributed by atoms with E-state index in [1.807, 2.05) is 19.1 Å². The van der Waals surface area contributed by atoms with Crippen molar-refractivity contribution in [2.24, 2.45) is 0 Å². The SMILES string of the molecule is CCNc1ncccc1Cn1nc2n(c1=O)CCCC2. The van der Waals surface area contributed by atoms with Crippen LogP contribution in [0.1, 0.15) is 31.2 Å². The van der Waals surface area contributed by atoms with Gasteiger partial charge in [-0.25, -0.2) is 14.5 Å². The van der Waals surface area contributed by atoms with Crippen molar-refractivity contribution in [2.45, 2.75) is 39.3 Å². The molecule has 0 atom stereocenters. The summed E-state index contributed by atoms with van der Waals surface area (Å²) in [6.45, 7) is 4.09. The fraction of sp³-hybridized carbons (Fsp3) is 0.500. The number of nitrogens with zero attached hydrogens (tertiary/aromatic N) is 4. The maximum atomic E-state index is 12.3. The van der Waals surface area contributed by atoms with Gasteiger partial charge in [-0.2, -0.15) is 5.10 Å². The van der Waals surface area contributed by atoms with Crippen LogP contribution < -0.4 is 11.0 Å². The molecule has 0 saturated heterocycles. The van der Waals surface area contributed by atoms with E-state index in [2.05, 4.69) is 15.4 Å². The molecular formula is C14H19N5O. The first-order valence-electron chi connectivity index (χ1n) is 7.14. The Morgan fingerprint density at radius 2 is 2.30 bits per heavy atom. The number of aromatic nitrogens is 4. The summed E-state index contributed by atoms with van der Waals surface area (Å²) in [5.74, 6) is 1.74. The predicted molar refractivity (Wildman–Crippen MR) is 76.9 cm³/mol. The number of nitrogens with one attached hydrogen (secondary N) is 1. The maximum Gasteiger partial charge on any atom is 0.346 e. The molecule has 2 aromatic heterocycles. The topological polar surface area (TPSA) is 64.7 Å². The molecule has 0 unspecified atom stereocenters. The van der Waals surface area contributed by atoms with Gasteiger partial charge in [-0.05, 0) is 25.8 Å². The van der Waals surface area contributed by atoms with Crippen molar-refractivity contribution in [3.63, 3.8) is 0 Å². The lowest BCUT2D eigenvalue weighted by Crippen LogP contribution is -2.27. The van der Waals surface area contributed by atoms with Crippen molar-refractivity contribution < 1.29 is 0 Å². The molecule has 106 valence electrons. The van der Waals surface area contributed by atoms with Crippen molar-refractivity contribution in [1.29, 1.82) is 0 Å². The predicted octanol–water partition coefficient (Wildman–Crippen LogP) is 1.26. The molecule has 3 heterocycles. The van der Waals surface area contributed by atoms with Gasteiger partial charge in [0.2, 0.25) is 0 Å². The smallest absolute Gasteiger partial charge is 0.346 e. The monoisotopic (exact) mass is 273 g/mol. The molecule has 2 aromatic rings. The van der Waals surface area contributed by atoms with Gasteiger partial charge in [-0.15, -0.1) is 0 Å². The molecule has 1 N–H and O–H groups in total. The molecule has 0 spiro atoms. The van der Waals surface area contributed by atoms with Crippen LogP contribution in [0.25, 0.3) is 0 Å². The van der Waals surface area contributed by atoms with E-state index in [-0.39, 0.29) is 5.69 Å². The second kappa shape index (κ2) is 5.48. The van der Waals surface area contributed by atoms with Gasteiger partial charge in [-0.1, -0.05) is 6.07 Å². The molecule has 0 radical (unpaired) electrons. The Labute approximate surface area is 117 Å². The van der Waals surface area contributed by atoms with Gasteiger partial charge in [0.25, 0.3) is 0 Å². The molecule has 0 fully saturated rings. The van der Waals surface area contributed by atoms with Crippen molar-refractivity contribution in [1.82, 2.24) is 19.3 Å². The number of anilines is 1. The van der Waals surface area contributed by atoms with Gasteiger partial charge >= 0.3 is 5.69 Å². The Kier molecular flexibility index (Phi) is 3.54. The quantitative estimate of drug-likeness (QED) is 0.910. The first kappa shape index (κ1) is 12.9. The minimum absolute atomic E-state index is 0.00833. The fourth-order valence-electron chi connectivity index (χ4n) is 2.61. The molecule has 0 bridgehead atoms. The number of pyridine rings is 1. The second-order valence-electron chi connectivity index (χ2n) is 5.01. The Morgan fingerprint density at radius 3 is 3.10 bits per heavy atom. The third kappa shape index (κ3) is 2.33. The summed E-state index contributed by atoms with van der Waals surface area (Å²) in [5.41, 5.74) is 0.984. The Morgan fingerprint density at radius 1 is 1.40 bits per heavy atom. The van der Waals surface area contributed by atoms with E-state index < -0.39 is 0 Å². The average molecular weight is 273 g/mol. The highest BCUT2D eigenvalue weighted by Gasteiger charge is 2.17. The lowest BCUT2D eigenvalue weighted by Gasteiger charge is -2.09. The first-order valence-corrected chi connectivity index (χ1v) is 7.14. The molecule has 6 heteroatoms. The van der Waals surface area contributed by atoms with E-state index in [0.717, 1.165) is 49.6 Å². The Balaban J connectivity index is 1.92. The third-order valence-electron chi connectivity index (χ3n) is 3.59. The zero-order chi connectivity index (χ0) is 13.9. The van der Waals surface area contributed by atoms with Crippen LogP contribution in [-0.4, -0.2) is 25.9 Å². The molecule has 1 aliphatic rings. The molecule has 0 aliphatic carbocycles. The van der Waals surface area contributed by atoms with E-state index >= 15 is 0 Å². The highest BCUT2D eigenvalue weighted by molar-refractivity contribution is 5.43. The highest BCUT2D eigenvalue weighted by atomic mass is 16.2. The van der Waals surface area contributed by atoms with Gasteiger partial charge in [0.1, 0.15) is 11.6 Å². The van der Waals surface area contributed by atoms with Crippen molar-refractivity contribution in [3.8, 4) is 0 Å². The third-order valence-corrected chi connectivity index (χ3v) is 3.59. The van der Waals surface area contributed by atoms with Crippen LogP contribution in [-0.2, 0) is 19.5 Å². The number of rotatable bonds is 4. The van der Waals surface area contributed by atoms with Crippen LogP contribution in [0.2, 0.25) is 0 Å². The Hall–Kier alpha value is -2.11. The van der Waals surface area contributed by atoms with Crippen molar-refractivity contribution in [3.05, 3.63) is 40.2 Å². The van der Waals surface area contributed by atoms with Crippen LogP contribution in [0.3, 0.4) is 0 Å². The van der Waals surface area contributed by atoms with Crippen LogP contribution in [0.5, 0.6) is 0 Å². The minimum atomic E-state index is -0.00833. The summed E-state index contributed by atoms with van der Waals surface area (Å²) in [6.07, 6.45) is 4.83. The Bertz CT molecular complexity index is 658. The van der Waals surface area contributed by atoms with Crippen molar-refractivity contribution in [2.75, 3.05) is 11.9 Å². The number of aryl methyl sites for hydroxylation is 1. The minimum Gasteiger partial charge on any atom is -0.370 e. The van der Waals surface area contributed by atoms with E-state index in [0.29, 0.717) is 6.54 Å². The summed E-state index contributed by atoms with van der Waals surface area (Å²) < 4.78 is 3.35. The van der Waals surface area contributed by atoms with Gasteiger partial charge < -0.3 is 5.32 Å². The van der Waals surface area contributed by atoms with E-state index in [1.165, 1.54) is 0 Å². The molecule has 3 rings (SSSR count). The lowest BCUT2D eigenvalue weighted by atomic mass is 10.2. The van der Waals surface area contributed by atoms with Gasteiger partial charge in [-0.3, -0.25) is 4.57 Å². The van der Waals surface area contributed by atoms with Crippen LogP contribution in [0.15, 0.2) is 23.1 Å². The highest BCUT2D eigenvalue weighted by Crippen LogP contribution is 2.13. The van der Waals surface area contributed by atoms with Gasteiger partial charge in [0, 0.05) is 31.3 Å². The molecule has 0 aromatic carbocycles. The van der Waals surface area contributed by atoms with E-state index in [4.69, 9.17) is 0 Å². The molecule has 0 saturated carbocycles. The van der Waals surface area contributed by atoms with E-state index in [1.54, 1.807) is 15.4 Å². The summed E-state index contributed by atoms with van der Waals surface area (Å²) in [7, 11) is 0. The fourth-order valence-corrected chi connectivity index (χ4v) is 2.61. The number of hydrogen-bond donors (Lipinski definition) is 1. The first-order chi connectivity index (χ1) is 9.79. The van der Waals surface area contributed by atoms with Crippen LogP contribution >= 0.6 is 0 Å². The average Bonchev–Trinajstić information content (AvgIpc) is 2.79. The number of hydrogen-bond acceptors (Lipinski definition) is 4. The van der Waals surface area contributed by atoms with Crippen LogP contribution in [0, 0.1) is 0 Å². The molecular weight excluding hydrogens is 254 g/mol. The summed E-state index contributed by atoms with van der Waals surface area (Å²) >= 11 is 0. The standard InChI is InChI=1S/C14H19N5O/c1-2-15-13-11(6-5-8-16-13)10-19-14(20)18-9-4-3-7-12(18)17-19/h5-6,8H,2-4,7,9-10H2,1H3,(H,15,16). The van der Waals surface area contributed by atoms with Gasteiger partial charge in [0.05, 0.1) is 6.54 Å². The zero-order valence-electron chi connectivity index (χ0n) is 11.7. The lowest BCUT2D eigenvalue weighted by molar-refractivity contribution is 0.511. The van der Waals surface area contributed by atoms with Gasteiger partial charge in [0.15, 0.2) is 0 Å². The normalized spacial score (nSPS) is 14.1. The largest absolute Gasteiger partial charge is 0.370 e. The summed E-state index contributed by atoms with van der Waals surface area (Å²) in [6, 6.07) is 3.87. The second-order valence-corrected chi connectivity index (χ2v) is 5.01. The summed E-state index contributed by atoms with van der Waals surface area (Å²) in [5, 5.41) is 7.67. The van der Waals surface area contributed by atoms with Crippen molar-refractivity contribution >= 4 is 5.82 Å². The molecule has 0 amide bonds. The molecule has 20 heavy (non-hydrogen) atoms. The van der Waals surface area contributed by atoms with Crippen LogP contribution in [0.4, 0.5) is 5.82 Å². The summed E-state index contributed by atoms with van der Waals surface area (Å²) in [4.78, 5) is 16.6.